The molecule has 1 aromatic rings. The van der Waals surface area contributed by atoms with Gasteiger partial charge in [-0.25, -0.2) is 0 Å². The average Bonchev–Trinajstić information content (AvgIpc) is 2.07. The van der Waals surface area contributed by atoms with Gasteiger partial charge in [-0.05, 0) is 42.7 Å². The number of aliphatic hydroxyl groups is 1. The highest BCUT2D eigenvalue weighted by Gasteiger charge is 2.08. The van der Waals surface area contributed by atoms with Crippen molar-refractivity contribution in [1.82, 2.24) is 0 Å². The quantitative estimate of drug-likeness (QED) is 0.675. The van der Waals surface area contributed by atoms with Crippen LogP contribution >= 0.6 is 0 Å². The molecule has 0 aliphatic rings. The molecule has 0 fully saturated rings. The summed E-state index contributed by atoms with van der Waals surface area (Å²) in [5.74, 6) is 0.821. The first-order chi connectivity index (χ1) is 6.06. The Balaban J connectivity index is 3.20. The number of benzene rings is 1. The van der Waals surface area contributed by atoms with Gasteiger partial charge in [-0.3, -0.25) is 0 Å². The minimum Gasteiger partial charge on any atom is -0.496 e. The second-order valence-electron chi connectivity index (χ2n) is 3.12. The molecular weight excluding hydrogens is 166 g/mol. The topological polar surface area (TPSA) is 55.5 Å². The van der Waals surface area contributed by atoms with Crippen molar-refractivity contribution in [2.75, 3.05) is 7.11 Å². The Bertz CT molecular complexity index is 308. The molecule has 72 valence electrons. The van der Waals surface area contributed by atoms with E-state index >= 15 is 0 Å². The fraction of sp³-hybridized carbons (Fsp3) is 0.400. The largest absolute Gasteiger partial charge is 0.496 e. The van der Waals surface area contributed by atoms with Gasteiger partial charge in [-0.2, -0.15) is 0 Å². The van der Waals surface area contributed by atoms with Crippen molar-refractivity contribution in [3.63, 3.8) is 0 Å². The van der Waals surface area contributed by atoms with Gasteiger partial charge in [0, 0.05) is 0 Å². The van der Waals surface area contributed by atoms with Crippen LogP contribution in [0.1, 0.15) is 22.9 Å². The van der Waals surface area contributed by atoms with Crippen LogP contribution in [0.3, 0.4) is 0 Å². The molecule has 0 saturated carbocycles. The van der Waals surface area contributed by atoms with E-state index in [4.69, 9.17) is 10.5 Å². The summed E-state index contributed by atoms with van der Waals surface area (Å²) < 4.78 is 5.14. The van der Waals surface area contributed by atoms with Gasteiger partial charge in [0.1, 0.15) is 12.0 Å². The first kappa shape index (κ1) is 10.0. The number of rotatable bonds is 2. The Labute approximate surface area is 78.1 Å². The van der Waals surface area contributed by atoms with E-state index in [0.29, 0.717) is 0 Å². The predicted octanol–water partition coefficient (Wildman–Crippen LogP) is 1.26. The molecule has 1 rings (SSSR count). The van der Waals surface area contributed by atoms with Gasteiger partial charge in [-0.1, -0.05) is 0 Å². The molecule has 13 heavy (non-hydrogen) atoms. The number of nitrogens with two attached hydrogens (primary N) is 1. The molecular formula is C10H15NO2. The molecule has 0 amide bonds. The Hall–Kier alpha value is -1.06. The van der Waals surface area contributed by atoms with Crippen LogP contribution in [0.15, 0.2) is 12.1 Å². The highest BCUT2D eigenvalue weighted by Crippen LogP contribution is 2.24. The number of hydrogen-bond acceptors (Lipinski definition) is 3. The van der Waals surface area contributed by atoms with Crippen LogP contribution in [0.5, 0.6) is 5.75 Å². The maximum Gasteiger partial charge on any atom is 0.128 e. The SMILES string of the molecule is COc1cc(C)c(C(N)O)cc1C. The summed E-state index contributed by atoms with van der Waals surface area (Å²) in [4.78, 5) is 0. The lowest BCUT2D eigenvalue weighted by molar-refractivity contribution is 0.185. The number of aliphatic hydroxyl groups excluding tert-OH is 1. The minimum atomic E-state index is -0.912. The highest BCUT2D eigenvalue weighted by atomic mass is 16.5. The van der Waals surface area contributed by atoms with Crippen molar-refractivity contribution < 1.29 is 9.84 Å². The fourth-order valence-electron chi connectivity index (χ4n) is 1.35. The first-order valence-corrected chi connectivity index (χ1v) is 4.15. The van der Waals surface area contributed by atoms with Gasteiger partial charge in [-0.15, -0.1) is 0 Å². The number of methoxy groups -OCH3 is 1. The molecule has 3 N–H and O–H groups in total. The maximum atomic E-state index is 9.23. The average molecular weight is 181 g/mol. The zero-order valence-electron chi connectivity index (χ0n) is 8.16. The second-order valence-corrected chi connectivity index (χ2v) is 3.12. The Morgan fingerprint density at radius 2 is 1.92 bits per heavy atom. The van der Waals surface area contributed by atoms with E-state index in [9.17, 15) is 5.11 Å². The zero-order valence-corrected chi connectivity index (χ0v) is 8.16. The zero-order chi connectivity index (χ0) is 10.0. The summed E-state index contributed by atoms with van der Waals surface area (Å²) in [6.07, 6.45) is -0.912. The third kappa shape index (κ3) is 1.99. The monoisotopic (exact) mass is 181 g/mol. The summed E-state index contributed by atoms with van der Waals surface area (Å²) >= 11 is 0. The van der Waals surface area contributed by atoms with E-state index in [1.807, 2.05) is 26.0 Å². The van der Waals surface area contributed by atoms with Gasteiger partial charge in [0.05, 0.1) is 7.11 Å². The van der Waals surface area contributed by atoms with Crippen molar-refractivity contribution in [1.29, 1.82) is 0 Å². The third-order valence-electron chi connectivity index (χ3n) is 2.10. The standard InChI is InChI=1S/C10H15NO2/c1-6-5-9(13-3)7(2)4-8(6)10(11)12/h4-5,10,12H,11H2,1-3H3. The second kappa shape index (κ2) is 3.77. The lowest BCUT2D eigenvalue weighted by atomic mass is 10.0. The molecule has 0 aromatic heterocycles. The summed E-state index contributed by atoms with van der Waals surface area (Å²) in [5.41, 5.74) is 8.06. The molecule has 0 saturated heterocycles. The molecule has 0 bridgehead atoms. The molecule has 1 atom stereocenters. The van der Waals surface area contributed by atoms with E-state index in [0.717, 1.165) is 22.4 Å². The highest BCUT2D eigenvalue weighted by molar-refractivity contribution is 5.42. The van der Waals surface area contributed by atoms with Crippen LogP contribution in [0, 0.1) is 13.8 Å². The van der Waals surface area contributed by atoms with Crippen LogP contribution < -0.4 is 10.5 Å². The summed E-state index contributed by atoms with van der Waals surface area (Å²) in [7, 11) is 1.63. The van der Waals surface area contributed by atoms with Crippen molar-refractivity contribution in [3.05, 3.63) is 28.8 Å². The molecule has 1 unspecified atom stereocenters. The van der Waals surface area contributed by atoms with E-state index in [2.05, 4.69) is 0 Å². The lowest BCUT2D eigenvalue weighted by Crippen LogP contribution is -2.10. The van der Waals surface area contributed by atoms with E-state index in [-0.39, 0.29) is 0 Å². The minimum absolute atomic E-state index is 0.748. The molecule has 1 aromatic carbocycles. The number of hydrogen-bond donors (Lipinski definition) is 2. The third-order valence-corrected chi connectivity index (χ3v) is 2.10. The molecule has 0 aliphatic heterocycles. The van der Waals surface area contributed by atoms with Crippen LogP contribution in [-0.4, -0.2) is 12.2 Å². The molecule has 0 spiro atoms. The van der Waals surface area contributed by atoms with Gasteiger partial charge in [0.15, 0.2) is 0 Å². The maximum absolute atomic E-state index is 9.23. The summed E-state index contributed by atoms with van der Waals surface area (Å²) in [5, 5.41) is 9.23. The van der Waals surface area contributed by atoms with Crippen molar-refractivity contribution >= 4 is 0 Å². The van der Waals surface area contributed by atoms with Crippen molar-refractivity contribution in [2.24, 2.45) is 5.73 Å². The van der Waals surface area contributed by atoms with Gasteiger partial charge >= 0.3 is 0 Å². The van der Waals surface area contributed by atoms with Crippen molar-refractivity contribution in [3.8, 4) is 5.75 Å². The fourth-order valence-corrected chi connectivity index (χ4v) is 1.35. The van der Waals surface area contributed by atoms with Crippen molar-refractivity contribution in [2.45, 2.75) is 20.1 Å². The van der Waals surface area contributed by atoms with Gasteiger partial charge in [0.2, 0.25) is 0 Å². The Morgan fingerprint density at radius 1 is 1.31 bits per heavy atom. The Morgan fingerprint density at radius 3 is 2.38 bits per heavy atom. The molecule has 0 aliphatic carbocycles. The normalized spacial score (nSPS) is 12.7. The van der Waals surface area contributed by atoms with Gasteiger partial charge < -0.3 is 15.6 Å². The molecule has 3 heteroatoms. The first-order valence-electron chi connectivity index (χ1n) is 4.15. The summed E-state index contributed by atoms with van der Waals surface area (Å²) in [6.45, 7) is 3.82. The van der Waals surface area contributed by atoms with Crippen LogP contribution in [0.2, 0.25) is 0 Å². The van der Waals surface area contributed by atoms with Crippen LogP contribution in [-0.2, 0) is 0 Å². The lowest BCUT2D eigenvalue weighted by Gasteiger charge is -2.12. The van der Waals surface area contributed by atoms with Crippen LogP contribution in [0.4, 0.5) is 0 Å². The predicted molar refractivity (Wildman–Crippen MR) is 51.6 cm³/mol. The van der Waals surface area contributed by atoms with E-state index in [1.54, 1.807) is 7.11 Å². The number of aryl methyl sites for hydroxylation is 2. The molecule has 0 heterocycles. The molecule has 0 radical (unpaired) electrons. The van der Waals surface area contributed by atoms with Gasteiger partial charge in [0.25, 0.3) is 0 Å². The molecule has 3 nitrogen and oxygen atoms in total. The van der Waals surface area contributed by atoms with E-state index in [1.165, 1.54) is 0 Å². The smallest absolute Gasteiger partial charge is 0.128 e. The van der Waals surface area contributed by atoms with Crippen LogP contribution in [0.25, 0.3) is 0 Å². The van der Waals surface area contributed by atoms with E-state index < -0.39 is 6.23 Å². The summed E-state index contributed by atoms with van der Waals surface area (Å²) in [6, 6.07) is 3.72. The Kier molecular flexibility index (Phi) is 2.90. The number of ether oxygens (including phenoxy) is 1.